The van der Waals surface area contributed by atoms with E-state index in [1.807, 2.05) is 30.3 Å². The Hall–Kier alpha value is -2.37. The van der Waals surface area contributed by atoms with Gasteiger partial charge in [-0.3, -0.25) is 4.79 Å². The summed E-state index contributed by atoms with van der Waals surface area (Å²) in [5, 5.41) is 3.42. The first-order valence-electron chi connectivity index (χ1n) is 7.50. The number of benzene rings is 2. The van der Waals surface area contributed by atoms with Gasteiger partial charge in [0, 0.05) is 21.3 Å². The number of nitrogens with zero attached hydrogens (tertiary/aromatic N) is 1. The zero-order valence-corrected chi connectivity index (χ0v) is 15.4. The number of hydrogen-bond acceptors (Lipinski definition) is 3. The number of anilines is 1. The average Bonchev–Trinajstić information content (AvgIpc) is 2.63. The lowest BCUT2D eigenvalue weighted by atomic mass is 10.1. The third kappa shape index (κ3) is 5.05. The second kappa shape index (κ2) is 8.14. The van der Waals surface area contributed by atoms with Gasteiger partial charge in [0.25, 0.3) is 5.91 Å². The Morgan fingerprint density at radius 2 is 1.76 bits per heavy atom. The van der Waals surface area contributed by atoms with E-state index in [1.54, 1.807) is 36.5 Å². The van der Waals surface area contributed by atoms with E-state index < -0.39 is 0 Å². The summed E-state index contributed by atoms with van der Waals surface area (Å²) in [6.45, 7) is 0.414. The minimum atomic E-state index is -0.208. The Morgan fingerprint density at radius 3 is 2.40 bits per heavy atom. The van der Waals surface area contributed by atoms with E-state index in [0.717, 1.165) is 15.8 Å². The van der Waals surface area contributed by atoms with Crippen LogP contribution in [-0.2, 0) is 6.61 Å². The number of ether oxygens (including phenoxy) is 1. The fourth-order valence-electron chi connectivity index (χ4n) is 2.09. The van der Waals surface area contributed by atoms with Crippen molar-refractivity contribution in [1.29, 1.82) is 0 Å². The molecule has 0 fully saturated rings. The number of carbonyl (C=O) groups is 1. The van der Waals surface area contributed by atoms with Crippen LogP contribution in [0, 0.1) is 0 Å². The highest BCUT2D eigenvalue weighted by atomic mass is 79.9. The Morgan fingerprint density at radius 1 is 1.04 bits per heavy atom. The number of carbonyl (C=O) groups excluding carboxylic acids is 1. The first-order chi connectivity index (χ1) is 12.1. The van der Waals surface area contributed by atoms with Gasteiger partial charge >= 0.3 is 0 Å². The number of nitrogens with one attached hydrogen (secondary N) is 1. The predicted molar refractivity (Wildman–Crippen MR) is 102 cm³/mol. The highest BCUT2D eigenvalue weighted by molar-refractivity contribution is 9.10. The van der Waals surface area contributed by atoms with Crippen LogP contribution in [0.15, 0.2) is 71.3 Å². The molecule has 25 heavy (non-hydrogen) atoms. The highest BCUT2D eigenvalue weighted by Crippen LogP contribution is 2.17. The molecule has 4 nitrogen and oxygen atoms in total. The number of aromatic nitrogens is 1. The van der Waals surface area contributed by atoms with Gasteiger partial charge in [-0.2, -0.15) is 0 Å². The molecule has 0 aliphatic carbocycles. The van der Waals surface area contributed by atoms with Crippen molar-refractivity contribution >= 4 is 39.3 Å². The van der Waals surface area contributed by atoms with E-state index in [1.165, 1.54) is 0 Å². The molecule has 2 aromatic carbocycles. The topological polar surface area (TPSA) is 51.2 Å². The molecule has 0 bridgehead atoms. The van der Waals surface area contributed by atoms with Crippen molar-refractivity contribution in [3.8, 4) is 5.75 Å². The monoisotopic (exact) mass is 416 g/mol. The minimum Gasteiger partial charge on any atom is -0.489 e. The summed E-state index contributed by atoms with van der Waals surface area (Å²) < 4.78 is 6.54. The second-order valence-corrected chi connectivity index (χ2v) is 6.61. The quantitative estimate of drug-likeness (QED) is 0.610. The number of amides is 1. The lowest BCUT2D eigenvalue weighted by Crippen LogP contribution is -2.12. The Kier molecular flexibility index (Phi) is 5.68. The van der Waals surface area contributed by atoms with E-state index in [2.05, 4.69) is 26.2 Å². The summed E-state index contributed by atoms with van der Waals surface area (Å²) >= 11 is 9.15. The number of halogens is 2. The summed E-state index contributed by atoms with van der Waals surface area (Å²) in [4.78, 5) is 16.3. The molecule has 0 unspecified atom stereocenters. The van der Waals surface area contributed by atoms with Gasteiger partial charge in [0.15, 0.2) is 0 Å². The first-order valence-corrected chi connectivity index (χ1v) is 8.67. The molecule has 0 spiro atoms. The Balaban J connectivity index is 1.58. The van der Waals surface area contributed by atoms with Crippen LogP contribution in [0.4, 0.5) is 5.82 Å². The standard InChI is InChI=1S/C19H14BrClN2O2/c20-15-5-10-18(22-11-15)23-19(24)14-3-1-13(2-4-14)12-25-17-8-6-16(21)7-9-17/h1-11H,12H2,(H,22,23,24). The van der Waals surface area contributed by atoms with Crippen LogP contribution in [0.25, 0.3) is 0 Å². The molecule has 3 aromatic rings. The van der Waals surface area contributed by atoms with Crippen LogP contribution in [0.5, 0.6) is 5.75 Å². The third-order valence-electron chi connectivity index (χ3n) is 3.40. The van der Waals surface area contributed by atoms with Crippen molar-refractivity contribution in [3.63, 3.8) is 0 Å². The van der Waals surface area contributed by atoms with Crippen LogP contribution < -0.4 is 10.1 Å². The molecule has 0 saturated carbocycles. The maximum absolute atomic E-state index is 12.2. The molecule has 3 rings (SSSR count). The van der Waals surface area contributed by atoms with Crippen molar-refractivity contribution in [1.82, 2.24) is 4.98 Å². The second-order valence-electron chi connectivity index (χ2n) is 5.26. The van der Waals surface area contributed by atoms with Crippen molar-refractivity contribution in [2.24, 2.45) is 0 Å². The van der Waals surface area contributed by atoms with E-state index >= 15 is 0 Å². The van der Waals surface area contributed by atoms with E-state index in [-0.39, 0.29) is 5.91 Å². The fourth-order valence-corrected chi connectivity index (χ4v) is 2.45. The van der Waals surface area contributed by atoms with Gasteiger partial charge < -0.3 is 10.1 Å². The molecule has 126 valence electrons. The highest BCUT2D eigenvalue weighted by Gasteiger charge is 2.07. The molecule has 0 radical (unpaired) electrons. The molecule has 0 saturated heterocycles. The molecule has 1 N–H and O–H groups in total. The van der Waals surface area contributed by atoms with Crippen molar-refractivity contribution in [2.75, 3.05) is 5.32 Å². The third-order valence-corrected chi connectivity index (χ3v) is 4.13. The molecule has 0 aliphatic rings. The zero-order valence-electron chi connectivity index (χ0n) is 13.1. The lowest BCUT2D eigenvalue weighted by molar-refractivity contribution is 0.102. The minimum absolute atomic E-state index is 0.208. The number of rotatable bonds is 5. The zero-order chi connectivity index (χ0) is 17.6. The van der Waals surface area contributed by atoms with E-state index in [4.69, 9.17) is 16.3 Å². The molecule has 1 aromatic heterocycles. The van der Waals surface area contributed by atoms with Gasteiger partial charge in [0.1, 0.15) is 18.2 Å². The van der Waals surface area contributed by atoms with Crippen LogP contribution in [-0.4, -0.2) is 10.9 Å². The summed E-state index contributed by atoms with van der Waals surface area (Å²) in [5.74, 6) is 1.04. The molecule has 1 amide bonds. The molecule has 1 heterocycles. The van der Waals surface area contributed by atoms with E-state index in [9.17, 15) is 4.79 Å². The summed E-state index contributed by atoms with van der Waals surface area (Å²) in [6.07, 6.45) is 1.63. The van der Waals surface area contributed by atoms with Gasteiger partial charge in [-0.1, -0.05) is 23.7 Å². The van der Waals surface area contributed by atoms with Crippen LogP contribution in [0.2, 0.25) is 5.02 Å². The lowest BCUT2D eigenvalue weighted by Gasteiger charge is -2.08. The number of hydrogen-bond donors (Lipinski definition) is 1. The molecule has 0 aliphatic heterocycles. The molecule has 6 heteroatoms. The maximum atomic E-state index is 12.2. The fraction of sp³-hybridized carbons (Fsp3) is 0.0526. The van der Waals surface area contributed by atoms with Crippen LogP contribution in [0.3, 0.4) is 0 Å². The van der Waals surface area contributed by atoms with Crippen LogP contribution >= 0.6 is 27.5 Å². The normalized spacial score (nSPS) is 10.3. The van der Waals surface area contributed by atoms with Crippen LogP contribution in [0.1, 0.15) is 15.9 Å². The maximum Gasteiger partial charge on any atom is 0.256 e. The summed E-state index contributed by atoms with van der Waals surface area (Å²) in [5.41, 5.74) is 1.52. The average molecular weight is 418 g/mol. The number of pyridine rings is 1. The SMILES string of the molecule is O=C(Nc1ccc(Br)cn1)c1ccc(COc2ccc(Cl)cc2)cc1. The molecular formula is C19H14BrClN2O2. The van der Waals surface area contributed by atoms with Crippen molar-refractivity contribution in [2.45, 2.75) is 6.61 Å². The van der Waals surface area contributed by atoms with Gasteiger partial charge in [0.05, 0.1) is 0 Å². The van der Waals surface area contributed by atoms with E-state index in [0.29, 0.717) is 23.0 Å². The Labute approximate surface area is 158 Å². The first kappa shape index (κ1) is 17.5. The van der Waals surface area contributed by atoms with Crippen molar-refractivity contribution in [3.05, 3.63) is 87.5 Å². The summed E-state index contributed by atoms with van der Waals surface area (Å²) in [6, 6.07) is 18.0. The largest absolute Gasteiger partial charge is 0.489 e. The Bertz CT molecular complexity index is 850. The molecule has 0 atom stereocenters. The van der Waals surface area contributed by atoms with Crippen molar-refractivity contribution < 1.29 is 9.53 Å². The smallest absolute Gasteiger partial charge is 0.256 e. The van der Waals surface area contributed by atoms with Gasteiger partial charge in [-0.05, 0) is 70.0 Å². The predicted octanol–water partition coefficient (Wildman–Crippen LogP) is 5.33. The van der Waals surface area contributed by atoms with Gasteiger partial charge in [-0.15, -0.1) is 0 Å². The summed E-state index contributed by atoms with van der Waals surface area (Å²) in [7, 11) is 0. The van der Waals surface area contributed by atoms with Gasteiger partial charge in [0.2, 0.25) is 0 Å². The van der Waals surface area contributed by atoms with Gasteiger partial charge in [-0.25, -0.2) is 4.98 Å². The molecular weight excluding hydrogens is 404 g/mol.